The molecule has 2 aromatic rings. The van der Waals surface area contributed by atoms with Gasteiger partial charge < -0.3 is 24.6 Å². The van der Waals surface area contributed by atoms with Gasteiger partial charge in [-0.25, -0.2) is 0 Å². The first-order valence-electron chi connectivity index (χ1n) is 10.0. The topological polar surface area (TPSA) is 100 Å². The fourth-order valence-electron chi connectivity index (χ4n) is 3.46. The Morgan fingerprint density at radius 1 is 1.22 bits per heavy atom. The number of alkyl halides is 3. The van der Waals surface area contributed by atoms with Gasteiger partial charge in [-0.05, 0) is 25.0 Å². The van der Waals surface area contributed by atoms with E-state index in [0.717, 1.165) is 12.1 Å². The molecule has 1 atom stereocenters. The third-order valence-corrected chi connectivity index (χ3v) is 5.06. The fourth-order valence-corrected chi connectivity index (χ4v) is 3.46. The van der Waals surface area contributed by atoms with Crippen LogP contribution in [0.4, 0.5) is 19.0 Å². The molecule has 0 spiro atoms. The lowest BCUT2D eigenvalue weighted by molar-refractivity contribution is -0.274. The second kappa shape index (κ2) is 8.87. The summed E-state index contributed by atoms with van der Waals surface area (Å²) in [5, 5.41) is 20.1. The fraction of sp³-hybridized carbons (Fsp3) is 0.500. The first kappa shape index (κ1) is 23.7. The molecule has 1 aromatic heterocycles. The molecule has 0 fully saturated rings. The first-order valence-corrected chi connectivity index (χ1v) is 10.0. The Bertz CT molecular complexity index is 977. The van der Waals surface area contributed by atoms with Gasteiger partial charge in [0.05, 0.1) is 0 Å². The number of ether oxygens (including phenoxy) is 2. The minimum absolute atomic E-state index is 0.0129. The number of fused-ring (bicyclic) bond motifs is 1. The van der Waals surface area contributed by atoms with Crippen molar-refractivity contribution in [1.82, 2.24) is 14.5 Å². The maximum absolute atomic E-state index is 13.3. The van der Waals surface area contributed by atoms with Gasteiger partial charge in [-0.15, -0.1) is 13.2 Å². The van der Waals surface area contributed by atoms with Crippen LogP contribution < -0.4 is 14.4 Å². The molecule has 0 saturated heterocycles. The van der Waals surface area contributed by atoms with Crippen LogP contribution in [0.1, 0.15) is 37.2 Å². The van der Waals surface area contributed by atoms with E-state index in [9.17, 15) is 23.1 Å². The maximum Gasteiger partial charge on any atom is 0.573 e. The third kappa shape index (κ3) is 4.60. The predicted molar refractivity (Wildman–Crippen MR) is 107 cm³/mol. The number of halogens is 3. The van der Waals surface area contributed by atoms with E-state index in [2.05, 4.69) is 9.72 Å². The van der Waals surface area contributed by atoms with E-state index in [1.807, 2.05) is 6.92 Å². The molecule has 1 aliphatic rings. The van der Waals surface area contributed by atoms with Crippen molar-refractivity contribution in [3.63, 3.8) is 0 Å². The van der Waals surface area contributed by atoms with Crippen molar-refractivity contribution in [2.24, 2.45) is 0 Å². The van der Waals surface area contributed by atoms with Crippen LogP contribution in [0, 0.1) is 0 Å². The van der Waals surface area contributed by atoms with Crippen molar-refractivity contribution < 1.29 is 37.7 Å². The quantitative estimate of drug-likeness (QED) is 0.627. The van der Waals surface area contributed by atoms with E-state index in [4.69, 9.17) is 9.84 Å². The highest BCUT2D eigenvalue weighted by molar-refractivity contribution is 6.00. The van der Waals surface area contributed by atoms with E-state index < -0.39 is 23.9 Å². The standard InChI is InChI=1S/C20H25F3N4O5/c1-4-9-26-15-16(25(3)19(2,30)27(17(15)29)10-6-11-28)24-18(26)31-13-7-5-8-14(12-13)32-20(21,22)23/h5,7-8,12,28,30H,4,6,9-11H2,1-3H3. The Labute approximate surface area is 182 Å². The molecule has 12 heteroatoms. The highest BCUT2D eigenvalue weighted by Crippen LogP contribution is 2.38. The molecule has 1 aromatic carbocycles. The molecule has 3 rings (SSSR count). The molecule has 32 heavy (non-hydrogen) atoms. The van der Waals surface area contributed by atoms with E-state index >= 15 is 0 Å². The van der Waals surface area contributed by atoms with Crippen molar-refractivity contribution in [3.8, 4) is 17.5 Å². The van der Waals surface area contributed by atoms with Crippen molar-refractivity contribution in [1.29, 1.82) is 0 Å². The summed E-state index contributed by atoms with van der Waals surface area (Å²) in [5.74, 6) is -2.46. The number of benzene rings is 1. The zero-order chi connectivity index (χ0) is 23.7. The summed E-state index contributed by atoms with van der Waals surface area (Å²) in [6.07, 6.45) is -3.97. The Morgan fingerprint density at radius 2 is 1.91 bits per heavy atom. The number of aliphatic hydroxyl groups excluding tert-OH is 1. The number of aliphatic hydroxyl groups is 2. The van der Waals surface area contributed by atoms with Gasteiger partial charge in [-0.2, -0.15) is 4.98 Å². The minimum Gasteiger partial charge on any atom is -0.425 e. The van der Waals surface area contributed by atoms with Crippen molar-refractivity contribution in [2.45, 2.75) is 45.4 Å². The van der Waals surface area contributed by atoms with Crippen LogP contribution in [0.15, 0.2) is 24.3 Å². The first-order chi connectivity index (χ1) is 15.0. The van der Waals surface area contributed by atoms with Crippen LogP contribution in [0.5, 0.6) is 17.5 Å². The average molecular weight is 458 g/mol. The molecule has 0 bridgehead atoms. The molecule has 2 heterocycles. The van der Waals surface area contributed by atoms with Crippen LogP contribution in [-0.2, 0) is 6.54 Å². The van der Waals surface area contributed by atoms with Gasteiger partial charge in [0.2, 0.25) is 5.85 Å². The van der Waals surface area contributed by atoms with Gasteiger partial charge >= 0.3 is 12.4 Å². The predicted octanol–water partition coefficient (Wildman–Crippen LogP) is 2.92. The van der Waals surface area contributed by atoms with Crippen LogP contribution in [-0.4, -0.2) is 63.0 Å². The van der Waals surface area contributed by atoms with Crippen LogP contribution in [0.25, 0.3) is 0 Å². The Kier molecular flexibility index (Phi) is 6.56. The lowest BCUT2D eigenvalue weighted by Gasteiger charge is -2.46. The van der Waals surface area contributed by atoms with Gasteiger partial charge in [0.1, 0.15) is 11.5 Å². The maximum atomic E-state index is 13.3. The SMILES string of the molecule is CCCn1c(Oc2cccc(OC(F)(F)F)c2)nc2c1C(=O)N(CCCO)C(C)(O)N2C. The molecular formula is C20H25F3N4O5. The van der Waals surface area contributed by atoms with E-state index in [0.29, 0.717) is 13.0 Å². The summed E-state index contributed by atoms with van der Waals surface area (Å²) in [5.41, 5.74) is 0.177. The molecule has 0 radical (unpaired) electrons. The minimum atomic E-state index is -4.85. The van der Waals surface area contributed by atoms with Crippen molar-refractivity contribution in [3.05, 3.63) is 30.0 Å². The Balaban J connectivity index is 2.01. The molecule has 1 unspecified atom stereocenters. The normalized spacial score (nSPS) is 18.7. The van der Waals surface area contributed by atoms with Gasteiger partial charge in [0, 0.05) is 39.7 Å². The number of aromatic nitrogens is 2. The highest BCUT2D eigenvalue weighted by Gasteiger charge is 2.47. The molecule has 0 aliphatic carbocycles. The van der Waals surface area contributed by atoms with Crippen LogP contribution in [0.3, 0.4) is 0 Å². The second-order valence-corrected chi connectivity index (χ2v) is 7.41. The number of anilines is 1. The zero-order valence-electron chi connectivity index (χ0n) is 17.9. The molecule has 176 valence electrons. The number of carbonyl (C=O) groups excluding carboxylic acids is 1. The van der Waals surface area contributed by atoms with Crippen molar-refractivity contribution >= 4 is 11.7 Å². The summed E-state index contributed by atoms with van der Waals surface area (Å²) in [4.78, 5) is 20.2. The Hall–Kier alpha value is -2.99. The molecule has 2 N–H and O–H groups in total. The van der Waals surface area contributed by atoms with Crippen molar-refractivity contribution in [2.75, 3.05) is 25.1 Å². The summed E-state index contributed by atoms with van der Waals surface area (Å²) >= 11 is 0. The molecular weight excluding hydrogens is 433 g/mol. The number of rotatable bonds is 8. The summed E-state index contributed by atoms with van der Waals surface area (Å²) in [7, 11) is 1.56. The number of imidazole rings is 1. The van der Waals surface area contributed by atoms with Gasteiger partial charge in [-0.1, -0.05) is 13.0 Å². The second-order valence-electron chi connectivity index (χ2n) is 7.41. The Morgan fingerprint density at radius 3 is 2.53 bits per heavy atom. The number of carbonyl (C=O) groups is 1. The van der Waals surface area contributed by atoms with E-state index in [1.54, 1.807) is 7.05 Å². The summed E-state index contributed by atoms with van der Waals surface area (Å²) in [6.45, 7) is 3.60. The van der Waals surface area contributed by atoms with Gasteiger partial charge in [-0.3, -0.25) is 14.3 Å². The lowest BCUT2D eigenvalue weighted by atomic mass is 10.1. The number of hydrogen-bond donors (Lipinski definition) is 2. The highest BCUT2D eigenvalue weighted by atomic mass is 19.4. The zero-order valence-corrected chi connectivity index (χ0v) is 17.9. The van der Waals surface area contributed by atoms with Crippen LogP contribution >= 0.6 is 0 Å². The van der Waals surface area contributed by atoms with Gasteiger partial charge in [0.25, 0.3) is 5.91 Å². The van der Waals surface area contributed by atoms with E-state index in [-0.39, 0.29) is 42.8 Å². The van der Waals surface area contributed by atoms with Gasteiger partial charge in [0.15, 0.2) is 11.5 Å². The smallest absolute Gasteiger partial charge is 0.425 e. The molecule has 9 nitrogen and oxygen atoms in total. The molecule has 1 amide bonds. The number of hydrogen-bond acceptors (Lipinski definition) is 7. The summed E-state index contributed by atoms with van der Waals surface area (Å²) < 4.78 is 48.8. The lowest BCUT2D eigenvalue weighted by Crippen LogP contribution is -2.63. The summed E-state index contributed by atoms with van der Waals surface area (Å²) in [6, 6.07) is 4.95. The number of nitrogens with zero attached hydrogens (tertiary/aromatic N) is 4. The number of amides is 1. The van der Waals surface area contributed by atoms with Crippen LogP contribution in [0.2, 0.25) is 0 Å². The molecule has 0 saturated carbocycles. The molecule has 1 aliphatic heterocycles. The monoisotopic (exact) mass is 458 g/mol. The third-order valence-electron chi connectivity index (χ3n) is 5.06. The van der Waals surface area contributed by atoms with E-state index in [1.165, 1.54) is 33.4 Å². The largest absolute Gasteiger partial charge is 0.573 e. The average Bonchev–Trinajstić information content (AvgIpc) is 3.04.